The number of hydrogen-bond donors (Lipinski definition) is 2. The summed E-state index contributed by atoms with van der Waals surface area (Å²) >= 11 is 0. The van der Waals surface area contributed by atoms with Crippen LogP contribution in [0.4, 0.5) is 0 Å². The van der Waals surface area contributed by atoms with E-state index in [1.54, 1.807) is 45.2 Å². The number of rotatable bonds is 7. The second-order valence-electron chi connectivity index (χ2n) is 8.08. The summed E-state index contributed by atoms with van der Waals surface area (Å²) < 4.78 is 21.5. The number of ketones is 1. The number of amides is 1. The lowest BCUT2D eigenvalue weighted by atomic mass is 9.92. The molecular formula is C23H23N3O7. The fourth-order valence-corrected chi connectivity index (χ4v) is 3.39. The monoisotopic (exact) mass is 453 g/mol. The predicted octanol–water partition coefficient (Wildman–Crippen LogP) is 2.89. The fourth-order valence-electron chi connectivity index (χ4n) is 3.39. The zero-order valence-electron chi connectivity index (χ0n) is 18.4. The summed E-state index contributed by atoms with van der Waals surface area (Å²) in [4.78, 5) is 28.7. The van der Waals surface area contributed by atoms with Gasteiger partial charge in [-0.15, -0.1) is 0 Å². The molecule has 1 aromatic heterocycles. The lowest BCUT2D eigenvalue weighted by molar-refractivity contribution is -0.123. The van der Waals surface area contributed by atoms with Crippen LogP contribution >= 0.6 is 0 Å². The first-order chi connectivity index (χ1) is 15.7. The van der Waals surface area contributed by atoms with Gasteiger partial charge in [0.15, 0.2) is 12.4 Å². The molecule has 1 aliphatic rings. The van der Waals surface area contributed by atoms with Crippen LogP contribution in [-0.4, -0.2) is 46.3 Å². The zero-order valence-corrected chi connectivity index (χ0v) is 18.4. The third-order valence-electron chi connectivity index (χ3n) is 4.93. The first kappa shape index (κ1) is 22.1. The molecule has 0 spiro atoms. The number of Topliss-reactive ketones (excluding diaryl/α,β-unsaturated/α-hetero) is 1. The Bertz CT molecular complexity index is 1190. The molecule has 172 valence electrons. The van der Waals surface area contributed by atoms with E-state index in [9.17, 15) is 14.7 Å². The first-order valence-electron chi connectivity index (χ1n) is 10.2. The highest BCUT2D eigenvalue weighted by molar-refractivity contribution is 6.03. The van der Waals surface area contributed by atoms with Crippen molar-refractivity contribution in [2.75, 3.05) is 13.7 Å². The Morgan fingerprint density at radius 1 is 1.21 bits per heavy atom. The van der Waals surface area contributed by atoms with Gasteiger partial charge in [0, 0.05) is 17.7 Å². The van der Waals surface area contributed by atoms with Gasteiger partial charge in [-0.3, -0.25) is 9.59 Å². The third-order valence-corrected chi connectivity index (χ3v) is 4.93. The van der Waals surface area contributed by atoms with Crippen molar-refractivity contribution in [3.8, 4) is 34.4 Å². The van der Waals surface area contributed by atoms with E-state index in [1.807, 2.05) is 0 Å². The van der Waals surface area contributed by atoms with Gasteiger partial charge in [-0.1, -0.05) is 5.16 Å². The van der Waals surface area contributed by atoms with Crippen LogP contribution in [0.5, 0.6) is 23.0 Å². The van der Waals surface area contributed by atoms with Crippen LogP contribution < -0.4 is 19.5 Å². The second kappa shape index (κ2) is 8.81. The van der Waals surface area contributed by atoms with Gasteiger partial charge in [-0.25, -0.2) is 0 Å². The molecule has 2 heterocycles. The number of phenols is 1. The number of hydrogen-bond acceptors (Lipinski definition) is 9. The van der Waals surface area contributed by atoms with Crippen molar-refractivity contribution in [1.29, 1.82) is 0 Å². The van der Waals surface area contributed by atoms with Crippen molar-refractivity contribution in [2.24, 2.45) is 0 Å². The lowest BCUT2D eigenvalue weighted by Gasteiger charge is -2.32. The van der Waals surface area contributed by atoms with E-state index in [-0.39, 0.29) is 54.1 Å². The summed E-state index contributed by atoms with van der Waals surface area (Å²) in [5.74, 6) is 0.861. The summed E-state index contributed by atoms with van der Waals surface area (Å²) in [6.07, 6.45) is 0.159. The largest absolute Gasteiger partial charge is 0.507 e. The number of phenolic OH excluding ortho intramolecular Hbond substituents is 1. The van der Waals surface area contributed by atoms with Crippen LogP contribution in [0, 0.1) is 0 Å². The highest BCUT2D eigenvalue weighted by Crippen LogP contribution is 2.40. The van der Waals surface area contributed by atoms with E-state index in [0.717, 1.165) is 5.56 Å². The maximum Gasteiger partial charge on any atom is 0.258 e. The van der Waals surface area contributed by atoms with Gasteiger partial charge in [0.05, 0.1) is 20.1 Å². The molecule has 1 amide bonds. The van der Waals surface area contributed by atoms with Gasteiger partial charge < -0.3 is 29.2 Å². The molecule has 33 heavy (non-hydrogen) atoms. The van der Waals surface area contributed by atoms with Crippen LogP contribution in [0.3, 0.4) is 0 Å². The number of nitrogens with one attached hydrogen (secondary N) is 1. The molecule has 10 heteroatoms. The number of fused-ring (bicyclic) bond motifs is 1. The molecule has 0 unspecified atom stereocenters. The highest BCUT2D eigenvalue weighted by atomic mass is 16.5. The van der Waals surface area contributed by atoms with Crippen molar-refractivity contribution in [3.05, 3.63) is 47.9 Å². The van der Waals surface area contributed by atoms with E-state index < -0.39 is 11.5 Å². The Kier molecular flexibility index (Phi) is 5.91. The average Bonchev–Trinajstić information content (AvgIpc) is 3.24. The number of benzene rings is 2. The smallest absolute Gasteiger partial charge is 0.258 e. The zero-order chi connectivity index (χ0) is 23.6. The number of carbonyl (C=O) groups is 2. The normalized spacial score (nSPS) is 14.2. The molecule has 0 aliphatic carbocycles. The predicted molar refractivity (Wildman–Crippen MR) is 115 cm³/mol. The standard InChI is InChI=1S/C23H23N3O7/c1-23(2)10-17(28)21-16(27)8-15(9-18(21)32-23)31-12-19(29)24-11-20-25-22(26-33-20)13-4-6-14(30-3)7-5-13/h4-9,27H,10-12H2,1-3H3,(H,24,29). The molecule has 4 rings (SSSR count). The molecule has 2 aromatic carbocycles. The minimum absolute atomic E-state index is 0.0204. The van der Waals surface area contributed by atoms with Gasteiger partial charge in [-0.05, 0) is 38.1 Å². The number of nitrogens with zero attached hydrogens (tertiary/aromatic N) is 2. The average molecular weight is 453 g/mol. The van der Waals surface area contributed by atoms with Crippen LogP contribution in [0.15, 0.2) is 40.9 Å². The molecule has 1 aliphatic heterocycles. The highest BCUT2D eigenvalue weighted by Gasteiger charge is 2.35. The third kappa shape index (κ3) is 5.05. The van der Waals surface area contributed by atoms with Gasteiger partial charge >= 0.3 is 0 Å². The summed E-state index contributed by atoms with van der Waals surface area (Å²) in [5, 5.41) is 16.7. The van der Waals surface area contributed by atoms with Crippen LogP contribution in [-0.2, 0) is 11.3 Å². The molecule has 3 aromatic rings. The van der Waals surface area contributed by atoms with Gasteiger partial charge in [0.25, 0.3) is 5.91 Å². The van der Waals surface area contributed by atoms with E-state index in [1.165, 1.54) is 12.1 Å². The second-order valence-corrected chi connectivity index (χ2v) is 8.08. The maximum atomic E-state index is 12.3. The minimum atomic E-state index is -0.693. The van der Waals surface area contributed by atoms with Gasteiger partial charge in [0.2, 0.25) is 11.7 Å². The summed E-state index contributed by atoms with van der Waals surface area (Å²) in [5.41, 5.74) is 0.174. The Labute approximate surface area is 189 Å². The van der Waals surface area contributed by atoms with Gasteiger partial charge in [-0.2, -0.15) is 4.98 Å². The van der Waals surface area contributed by atoms with Crippen molar-refractivity contribution in [2.45, 2.75) is 32.4 Å². The molecule has 0 saturated heterocycles. The Hall–Kier alpha value is -4.08. The summed E-state index contributed by atoms with van der Waals surface area (Å²) in [7, 11) is 1.58. The van der Waals surface area contributed by atoms with Crippen molar-refractivity contribution in [1.82, 2.24) is 15.5 Å². The van der Waals surface area contributed by atoms with E-state index in [2.05, 4.69) is 15.5 Å². The van der Waals surface area contributed by atoms with Crippen molar-refractivity contribution in [3.63, 3.8) is 0 Å². The fraction of sp³-hybridized carbons (Fsp3) is 0.304. The maximum absolute atomic E-state index is 12.3. The molecule has 0 bridgehead atoms. The summed E-state index contributed by atoms with van der Waals surface area (Å²) in [6.45, 7) is 3.26. The van der Waals surface area contributed by atoms with Crippen LogP contribution in [0.1, 0.15) is 36.5 Å². The van der Waals surface area contributed by atoms with E-state index in [4.69, 9.17) is 18.7 Å². The Morgan fingerprint density at radius 3 is 2.70 bits per heavy atom. The molecule has 0 saturated carbocycles. The number of ether oxygens (including phenoxy) is 3. The van der Waals surface area contributed by atoms with Crippen molar-refractivity contribution >= 4 is 11.7 Å². The van der Waals surface area contributed by atoms with Crippen molar-refractivity contribution < 1.29 is 33.4 Å². The Morgan fingerprint density at radius 2 is 1.97 bits per heavy atom. The number of methoxy groups -OCH3 is 1. The molecule has 10 nitrogen and oxygen atoms in total. The van der Waals surface area contributed by atoms with Crippen LogP contribution in [0.25, 0.3) is 11.4 Å². The topological polar surface area (TPSA) is 133 Å². The van der Waals surface area contributed by atoms with E-state index in [0.29, 0.717) is 11.6 Å². The minimum Gasteiger partial charge on any atom is -0.507 e. The number of aromatic nitrogens is 2. The summed E-state index contributed by atoms with van der Waals surface area (Å²) in [6, 6.07) is 9.93. The molecule has 2 N–H and O–H groups in total. The van der Waals surface area contributed by atoms with E-state index >= 15 is 0 Å². The first-order valence-corrected chi connectivity index (χ1v) is 10.2. The van der Waals surface area contributed by atoms with Gasteiger partial charge in [0.1, 0.15) is 34.2 Å². The molecule has 0 fully saturated rings. The molecular weight excluding hydrogens is 430 g/mol. The number of aromatic hydroxyl groups is 1. The lowest BCUT2D eigenvalue weighted by Crippen LogP contribution is -2.36. The quantitative estimate of drug-likeness (QED) is 0.554. The number of carbonyl (C=O) groups excluding carboxylic acids is 2. The SMILES string of the molecule is COc1ccc(-c2noc(CNC(=O)COc3cc(O)c4c(c3)OC(C)(C)CC4=O)n2)cc1. The van der Waals surface area contributed by atoms with Crippen LogP contribution in [0.2, 0.25) is 0 Å². The molecule has 0 radical (unpaired) electrons. The Balaban J connectivity index is 1.33. The molecule has 0 atom stereocenters.